The summed E-state index contributed by atoms with van der Waals surface area (Å²) < 4.78 is 5.16. The van der Waals surface area contributed by atoms with Crippen molar-refractivity contribution in [3.05, 3.63) is 64.7 Å². The molecular weight excluding hydrogens is 270 g/mol. The minimum atomic E-state index is -0.384. The number of rotatable bonds is 5. The maximum Gasteiger partial charge on any atom is 0.118 e. The van der Waals surface area contributed by atoms with E-state index in [2.05, 4.69) is 12.1 Å². The van der Waals surface area contributed by atoms with Crippen LogP contribution in [0.3, 0.4) is 0 Å². The van der Waals surface area contributed by atoms with Gasteiger partial charge in [-0.15, -0.1) is 0 Å². The second-order valence-electron chi connectivity index (χ2n) is 5.28. The Balaban J connectivity index is 2.04. The highest BCUT2D eigenvalue weighted by Crippen LogP contribution is 2.26. The number of benzene rings is 2. The maximum atomic E-state index is 6.43. The smallest absolute Gasteiger partial charge is 0.118 e. The van der Waals surface area contributed by atoms with Crippen molar-refractivity contribution in [3.8, 4) is 5.75 Å². The van der Waals surface area contributed by atoms with Crippen LogP contribution in [0.1, 0.15) is 24.5 Å². The maximum absolute atomic E-state index is 6.43. The molecule has 2 rings (SSSR count). The van der Waals surface area contributed by atoms with E-state index in [1.165, 1.54) is 5.56 Å². The highest BCUT2D eigenvalue weighted by molar-refractivity contribution is 6.30. The summed E-state index contributed by atoms with van der Waals surface area (Å²) >= 11 is 6.03. The van der Waals surface area contributed by atoms with Crippen molar-refractivity contribution in [2.75, 3.05) is 7.11 Å². The number of hydrogen-bond donors (Lipinski definition) is 1. The molecule has 0 aliphatic rings. The first-order valence-corrected chi connectivity index (χ1v) is 7.07. The van der Waals surface area contributed by atoms with Crippen LogP contribution in [0.2, 0.25) is 5.02 Å². The Kier molecular flexibility index (Phi) is 4.69. The SMILES string of the molecule is COc1ccc(CCC(C)(N)c2cccc(Cl)c2)cc1. The van der Waals surface area contributed by atoms with Gasteiger partial charge in [0.1, 0.15) is 5.75 Å². The summed E-state index contributed by atoms with van der Waals surface area (Å²) in [6.45, 7) is 2.04. The summed E-state index contributed by atoms with van der Waals surface area (Å²) in [5.74, 6) is 0.874. The van der Waals surface area contributed by atoms with Crippen molar-refractivity contribution < 1.29 is 4.74 Å². The minimum Gasteiger partial charge on any atom is -0.497 e. The number of halogens is 1. The average Bonchev–Trinajstić information content (AvgIpc) is 2.46. The molecule has 0 fully saturated rings. The van der Waals surface area contributed by atoms with Gasteiger partial charge >= 0.3 is 0 Å². The van der Waals surface area contributed by atoms with Gasteiger partial charge in [-0.2, -0.15) is 0 Å². The van der Waals surface area contributed by atoms with Gasteiger partial charge in [0.2, 0.25) is 0 Å². The average molecular weight is 290 g/mol. The van der Waals surface area contributed by atoms with Crippen LogP contribution < -0.4 is 10.5 Å². The second kappa shape index (κ2) is 6.29. The summed E-state index contributed by atoms with van der Waals surface area (Å²) in [5.41, 5.74) is 8.37. The first-order chi connectivity index (χ1) is 9.51. The summed E-state index contributed by atoms with van der Waals surface area (Å²) in [6.07, 6.45) is 1.78. The molecule has 0 spiro atoms. The molecule has 0 amide bonds. The van der Waals surface area contributed by atoms with E-state index in [0.717, 1.165) is 29.2 Å². The number of aryl methyl sites for hydroxylation is 1. The molecule has 0 saturated carbocycles. The molecule has 0 saturated heterocycles. The molecule has 0 bridgehead atoms. The molecule has 2 aromatic carbocycles. The number of ether oxygens (including phenoxy) is 1. The van der Waals surface area contributed by atoms with Crippen LogP contribution in [0.15, 0.2) is 48.5 Å². The molecule has 2 N–H and O–H groups in total. The van der Waals surface area contributed by atoms with E-state index in [4.69, 9.17) is 22.1 Å². The number of methoxy groups -OCH3 is 1. The first kappa shape index (κ1) is 14.9. The van der Waals surface area contributed by atoms with E-state index in [1.807, 2.05) is 43.3 Å². The van der Waals surface area contributed by atoms with E-state index in [0.29, 0.717) is 0 Å². The molecular formula is C17H20ClNO. The van der Waals surface area contributed by atoms with Gasteiger partial charge in [0.25, 0.3) is 0 Å². The minimum absolute atomic E-state index is 0.384. The van der Waals surface area contributed by atoms with Gasteiger partial charge in [0.05, 0.1) is 7.11 Å². The topological polar surface area (TPSA) is 35.2 Å². The zero-order valence-corrected chi connectivity index (χ0v) is 12.7. The zero-order valence-electron chi connectivity index (χ0n) is 11.9. The summed E-state index contributed by atoms with van der Waals surface area (Å²) in [6, 6.07) is 15.9. The highest BCUT2D eigenvalue weighted by Gasteiger charge is 2.21. The third-order valence-electron chi connectivity index (χ3n) is 3.58. The Bertz CT molecular complexity index is 563. The van der Waals surface area contributed by atoms with Crippen LogP contribution in [0.25, 0.3) is 0 Å². The van der Waals surface area contributed by atoms with Gasteiger partial charge in [-0.1, -0.05) is 35.9 Å². The highest BCUT2D eigenvalue weighted by atomic mass is 35.5. The zero-order chi connectivity index (χ0) is 14.6. The summed E-state index contributed by atoms with van der Waals surface area (Å²) in [4.78, 5) is 0. The molecule has 3 heteroatoms. The Labute approximate surface area is 125 Å². The molecule has 0 heterocycles. The van der Waals surface area contributed by atoms with Crippen molar-refractivity contribution in [3.63, 3.8) is 0 Å². The van der Waals surface area contributed by atoms with E-state index in [9.17, 15) is 0 Å². The summed E-state index contributed by atoms with van der Waals surface area (Å²) in [7, 11) is 1.67. The standard InChI is InChI=1S/C17H20ClNO/c1-17(19,14-4-3-5-15(18)12-14)11-10-13-6-8-16(20-2)9-7-13/h3-9,12H,10-11,19H2,1-2H3. The molecule has 1 unspecified atom stereocenters. The quantitative estimate of drug-likeness (QED) is 0.897. The van der Waals surface area contributed by atoms with Crippen molar-refractivity contribution in [1.82, 2.24) is 0 Å². The summed E-state index contributed by atoms with van der Waals surface area (Å²) in [5, 5.41) is 0.726. The van der Waals surface area contributed by atoms with Crippen LogP contribution in [-0.4, -0.2) is 7.11 Å². The van der Waals surface area contributed by atoms with Crippen LogP contribution in [0.5, 0.6) is 5.75 Å². The Morgan fingerprint density at radius 1 is 1.15 bits per heavy atom. The van der Waals surface area contributed by atoms with Gasteiger partial charge < -0.3 is 10.5 Å². The normalized spacial score (nSPS) is 13.8. The number of nitrogens with two attached hydrogens (primary N) is 1. The molecule has 2 aromatic rings. The lowest BCUT2D eigenvalue weighted by Crippen LogP contribution is -2.33. The van der Waals surface area contributed by atoms with E-state index in [1.54, 1.807) is 7.11 Å². The van der Waals surface area contributed by atoms with E-state index in [-0.39, 0.29) is 5.54 Å². The molecule has 0 aliphatic carbocycles. The fourth-order valence-corrected chi connectivity index (χ4v) is 2.37. The lowest BCUT2D eigenvalue weighted by atomic mass is 9.87. The fourth-order valence-electron chi connectivity index (χ4n) is 2.18. The van der Waals surface area contributed by atoms with Crippen LogP contribution in [0.4, 0.5) is 0 Å². The Hall–Kier alpha value is -1.51. The molecule has 0 aliphatic heterocycles. The lowest BCUT2D eigenvalue weighted by Gasteiger charge is -2.25. The largest absolute Gasteiger partial charge is 0.497 e. The van der Waals surface area contributed by atoms with Gasteiger partial charge in [-0.05, 0) is 55.2 Å². The molecule has 0 radical (unpaired) electrons. The van der Waals surface area contributed by atoms with E-state index >= 15 is 0 Å². The van der Waals surface area contributed by atoms with Gasteiger partial charge in [-0.3, -0.25) is 0 Å². The Morgan fingerprint density at radius 2 is 1.85 bits per heavy atom. The lowest BCUT2D eigenvalue weighted by molar-refractivity contribution is 0.414. The monoisotopic (exact) mass is 289 g/mol. The molecule has 1 atom stereocenters. The third kappa shape index (κ3) is 3.75. The number of hydrogen-bond acceptors (Lipinski definition) is 2. The predicted octanol–water partition coefficient (Wildman–Crippen LogP) is 4.16. The van der Waals surface area contributed by atoms with Crippen molar-refractivity contribution in [2.45, 2.75) is 25.3 Å². The fraction of sp³-hybridized carbons (Fsp3) is 0.294. The third-order valence-corrected chi connectivity index (χ3v) is 3.81. The van der Waals surface area contributed by atoms with E-state index < -0.39 is 0 Å². The van der Waals surface area contributed by atoms with Gasteiger partial charge in [-0.25, -0.2) is 0 Å². The predicted molar refractivity (Wildman–Crippen MR) is 84.3 cm³/mol. The van der Waals surface area contributed by atoms with Crippen LogP contribution >= 0.6 is 11.6 Å². The molecule has 20 heavy (non-hydrogen) atoms. The van der Waals surface area contributed by atoms with Crippen molar-refractivity contribution in [1.29, 1.82) is 0 Å². The first-order valence-electron chi connectivity index (χ1n) is 6.69. The molecule has 2 nitrogen and oxygen atoms in total. The van der Waals surface area contributed by atoms with Crippen LogP contribution in [0, 0.1) is 0 Å². The Morgan fingerprint density at radius 3 is 2.45 bits per heavy atom. The van der Waals surface area contributed by atoms with Gasteiger partial charge in [0, 0.05) is 10.6 Å². The van der Waals surface area contributed by atoms with Crippen LogP contribution in [-0.2, 0) is 12.0 Å². The van der Waals surface area contributed by atoms with Crippen molar-refractivity contribution in [2.24, 2.45) is 5.73 Å². The molecule has 106 valence electrons. The molecule has 0 aromatic heterocycles. The second-order valence-corrected chi connectivity index (χ2v) is 5.71. The van der Waals surface area contributed by atoms with Crippen molar-refractivity contribution >= 4 is 11.6 Å². The van der Waals surface area contributed by atoms with Gasteiger partial charge in [0.15, 0.2) is 0 Å².